The van der Waals surface area contributed by atoms with Crippen molar-refractivity contribution in [3.8, 4) is 16.9 Å². The third kappa shape index (κ3) is 8.04. The van der Waals surface area contributed by atoms with E-state index in [-0.39, 0.29) is 64.9 Å². The number of benzene rings is 3. The summed E-state index contributed by atoms with van der Waals surface area (Å²) in [5.41, 5.74) is 3.21. The molecule has 0 spiro atoms. The molecule has 10 heteroatoms. The van der Waals surface area contributed by atoms with Gasteiger partial charge in [0.25, 0.3) is 0 Å². The summed E-state index contributed by atoms with van der Waals surface area (Å²) in [5, 5.41) is 0. The summed E-state index contributed by atoms with van der Waals surface area (Å²) < 4.78 is 41.2. The molecule has 1 N–H and O–H groups in total. The van der Waals surface area contributed by atoms with Crippen molar-refractivity contribution in [2.45, 2.75) is 16.8 Å². The van der Waals surface area contributed by atoms with Crippen molar-refractivity contribution in [2.75, 3.05) is 0 Å². The average Bonchev–Trinajstić information content (AvgIpc) is 2.69. The standard InChI is InChI=1S/C20H16BrF2O3PS.2Na/c21-18-12-14(6-11-19(18)26-27(24,25)20(22)23)13-28-17-9-7-16(8-10-17)15-4-2-1-3-5-15;;/h1-12,20H,13H2,(H,24,25);;. The van der Waals surface area contributed by atoms with E-state index in [1.54, 1.807) is 23.9 Å². The van der Waals surface area contributed by atoms with E-state index in [1.165, 1.54) is 6.07 Å². The van der Waals surface area contributed by atoms with Crippen molar-refractivity contribution >= 4 is 94.4 Å². The SMILES string of the molecule is O=P(O)(Oc1ccc(CSc2ccc(-c3ccccc3)cc2)cc1Br)C(F)F.[Na].[Na]. The van der Waals surface area contributed by atoms with Crippen LogP contribution < -0.4 is 4.52 Å². The minimum atomic E-state index is -4.99. The molecule has 0 aliphatic carbocycles. The Labute approximate surface area is 231 Å². The summed E-state index contributed by atoms with van der Waals surface area (Å²) in [6, 6.07) is 23.1. The van der Waals surface area contributed by atoms with Gasteiger partial charge < -0.3 is 9.42 Å². The molecule has 0 aliphatic rings. The molecule has 0 fully saturated rings. The van der Waals surface area contributed by atoms with E-state index in [9.17, 15) is 13.3 Å². The summed E-state index contributed by atoms with van der Waals surface area (Å²) in [4.78, 5) is 10.2. The Bertz CT molecular complexity index is 995. The Balaban J connectivity index is 0.00000225. The van der Waals surface area contributed by atoms with Gasteiger partial charge in [-0.3, -0.25) is 0 Å². The summed E-state index contributed by atoms with van der Waals surface area (Å²) in [5.74, 6) is 0.557. The monoisotopic (exact) mass is 530 g/mol. The minimum absolute atomic E-state index is 0. The Morgan fingerprint density at radius 1 is 0.967 bits per heavy atom. The predicted octanol–water partition coefficient (Wildman–Crippen LogP) is 6.43. The smallest absolute Gasteiger partial charge is 0.420 e. The van der Waals surface area contributed by atoms with Crippen LogP contribution in [0.5, 0.6) is 5.75 Å². The quantitative estimate of drug-likeness (QED) is 0.217. The number of halogens is 3. The fourth-order valence-electron chi connectivity index (χ4n) is 2.43. The van der Waals surface area contributed by atoms with Gasteiger partial charge in [-0.2, -0.15) is 8.78 Å². The molecule has 3 rings (SSSR count). The van der Waals surface area contributed by atoms with Crippen molar-refractivity contribution in [1.29, 1.82) is 0 Å². The second-order valence-corrected chi connectivity index (χ2v) is 9.48. The number of hydrogen-bond acceptors (Lipinski definition) is 3. The van der Waals surface area contributed by atoms with Crippen LogP contribution in [0.2, 0.25) is 0 Å². The summed E-state index contributed by atoms with van der Waals surface area (Å²) >= 11 is 4.82. The molecule has 2 radical (unpaired) electrons. The zero-order valence-electron chi connectivity index (χ0n) is 16.5. The first-order valence-electron chi connectivity index (χ1n) is 8.22. The fourth-order valence-corrected chi connectivity index (χ4v) is 4.42. The van der Waals surface area contributed by atoms with Gasteiger partial charge in [0.15, 0.2) is 0 Å². The van der Waals surface area contributed by atoms with Crippen LogP contribution in [0.25, 0.3) is 11.1 Å². The van der Waals surface area contributed by atoms with Crippen molar-refractivity contribution in [1.82, 2.24) is 0 Å². The zero-order chi connectivity index (χ0) is 20.1. The number of alkyl halides is 2. The molecule has 3 nitrogen and oxygen atoms in total. The molecule has 0 saturated carbocycles. The molecule has 3 aromatic rings. The van der Waals surface area contributed by atoms with Crippen molar-refractivity contribution in [3.05, 3.63) is 82.8 Å². The predicted molar refractivity (Wildman–Crippen MR) is 124 cm³/mol. The maximum atomic E-state index is 12.5. The number of thioether (sulfide) groups is 1. The molecule has 1 atom stereocenters. The van der Waals surface area contributed by atoms with Crippen molar-refractivity contribution in [3.63, 3.8) is 0 Å². The molecule has 148 valence electrons. The van der Waals surface area contributed by atoms with Crippen LogP contribution in [0, 0.1) is 0 Å². The summed E-state index contributed by atoms with van der Waals surface area (Å²) in [6.45, 7) is 0. The van der Waals surface area contributed by atoms with E-state index in [1.807, 2.05) is 30.3 Å². The first-order chi connectivity index (χ1) is 13.3. The molecule has 3 aromatic carbocycles. The first kappa shape index (κ1) is 28.4. The van der Waals surface area contributed by atoms with Gasteiger partial charge >= 0.3 is 13.8 Å². The molecule has 1 unspecified atom stereocenters. The van der Waals surface area contributed by atoms with Crippen molar-refractivity contribution in [2.24, 2.45) is 0 Å². The van der Waals surface area contributed by atoms with E-state index in [0.29, 0.717) is 10.2 Å². The van der Waals surface area contributed by atoms with Crippen LogP contribution >= 0.6 is 35.3 Å². The van der Waals surface area contributed by atoms with Gasteiger partial charge in [-0.05, 0) is 56.9 Å². The molecular formula is C20H16BrF2Na2O3PS. The van der Waals surface area contributed by atoms with Gasteiger partial charge in [0.05, 0.1) is 4.47 Å². The van der Waals surface area contributed by atoms with Gasteiger partial charge in [0.1, 0.15) is 5.75 Å². The second kappa shape index (κ2) is 13.1. The van der Waals surface area contributed by atoms with E-state index < -0.39 is 13.8 Å². The average molecular weight is 531 g/mol. The van der Waals surface area contributed by atoms with E-state index in [0.717, 1.165) is 21.6 Å². The van der Waals surface area contributed by atoms with E-state index >= 15 is 0 Å². The molecule has 0 bridgehead atoms. The number of hydrogen-bond donors (Lipinski definition) is 1. The summed E-state index contributed by atoms with van der Waals surface area (Å²) in [7, 11) is -4.99. The van der Waals surface area contributed by atoms with Gasteiger partial charge in [-0.15, -0.1) is 11.8 Å². The second-order valence-electron chi connectivity index (χ2n) is 5.88. The normalized spacial score (nSPS) is 12.4. The van der Waals surface area contributed by atoms with Gasteiger partial charge in [0.2, 0.25) is 0 Å². The molecule has 0 aliphatic heterocycles. The van der Waals surface area contributed by atoms with E-state index in [4.69, 9.17) is 4.89 Å². The third-order valence-electron chi connectivity index (χ3n) is 3.84. The Morgan fingerprint density at radius 2 is 1.57 bits per heavy atom. The van der Waals surface area contributed by atoms with Crippen LogP contribution in [0.1, 0.15) is 5.56 Å². The molecule has 0 saturated heterocycles. The minimum Gasteiger partial charge on any atom is -0.420 e. The maximum Gasteiger partial charge on any atom is 0.442 e. The molecule has 0 amide bonds. The van der Waals surface area contributed by atoms with Gasteiger partial charge in [-0.1, -0.05) is 48.5 Å². The van der Waals surface area contributed by atoms with Crippen LogP contribution in [-0.2, 0) is 10.3 Å². The maximum absolute atomic E-state index is 12.5. The topological polar surface area (TPSA) is 46.5 Å². The van der Waals surface area contributed by atoms with Crippen LogP contribution in [0.4, 0.5) is 8.78 Å². The van der Waals surface area contributed by atoms with Crippen LogP contribution in [0.15, 0.2) is 82.2 Å². The van der Waals surface area contributed by atoms with E-state index in [2.05, 4.69) is 44.7 Å². The Kier molecular flexibility index (Phi) is 12.4. The Morgan fingerprint density at radius 3 is 2.13 bits per heavy atom. The number of rotatable bonds is 7. The van der Waals surface area contributed by atoms with Gasteiger partial charge in [0, 0.05) is 69.8 Å². The zero-order valence-corrected chi connectivity index (χ0v) is 23.8. The molecule has 0 aromatic heterocycles. The van der Waals surface area contributed by atoms with Crippen LogP contribution in [-0.4, -0.2) is 70.2 Å². The summed E-state index contributed by atoms with van der Waals surface area (Å²) in [6.07, 6.45) is -3.45. The first-order valence-corrected chi connectivity index (χ1v) is 11.6. The van der Waals surface area contributed by atoms with Gasteiger partial charge in [-0.25, -0.2) is 4.57 Å². The van der Waals surface area contributed by atoms with Crippen LogP contribution in [0.3, 0.4) is 0 Å². The molecule has 0 heterocycles. The Hall–Kier alpha value is 0.340. The molecule has 30 heavy (non-hydrogen) atoms. The fraction of sp³-hybridized carbons (Fsp3) is 0.100. The van der Waals surface area contributed by atoms with Crippen molar-refractivity contribution < 1.29 is 22.8 Å². The third-order valence-corrected chi connectivity index (χ3v) is 6.49. The molecular weight excluding hydrogens is 515 g/mol. The largest absolute Gasteiger partial charge is 0.442 e.